The van der Waals surface area contributed by atoms with Gasteiger partial charge in [0, 0.05) is 6.54 Å². The van der Waals surface area contributed by atoms with E-state index in [1.54, 1.807) is 6.08 Å². The monoisotopic (exact) mass is 292 g/mol. The summed E-state index contributed by atoms with van der Waals surface area (Å²) >= 11 is 5.73. The zero-order valence-electron chi connectivity index (χ0n) is 9.85. The van der Waals surface area contributed by atoms with Crippen molar-refractivity contribution in [2.45, 2.75) is 6.18 Å². The lowest BCUT2D eigenvalue weighted by atomic mass is 10.2. The van der Waals surface area contributed by atoms with Crippen molar-refractivity contribution in [2.24, 2.45) is 0 Å². The molecule has 0 radical (unpaired) electrons. The Morgan fingerprint density at radius 2 is 2.11 bits per heavy atom. The van der Waals surface area contributed by atoms with E-state index in [1.165, 1.54) is 0 Å². The van der Waals surface area contributed by atoms with Crippen molar-refractivity contribution in [1.29, 1.82) is 0 Å². The normalized spacial score (nSPS) is 11.2. The zero-order chi connectivity index (χ0) is 14.5. The summed E-state index contributed by atoms with van der Waals surface area (Å²) in [6.45, 7) is 3.83. The SMILES string of the molecule is C=CCNCC(=O)Nc1cc(C(F)(F)F)ccc1Cl. The fraction of sp³-hybridized carbons (Fsp3) is 0.250. The number of carbonyl (C=O) groups is 1. The van der Waals surface area contributed by atoms with Crippen LogP contribution in [-0.2, 0) is 11.0 Å². The molecule has 3 nitrogen and oxygen atoms in total. The highest BCUT2D eigenvalue weighted by Crippen LogP contribution is 2.33. The molecule has 0 spiro atoms. The van der Waals surface area contributed by atoms with Crippen molar-refractivity contribution in [3.63, 3.8) is 0 Å². The second kappa shape index (κ2) is 6.58. The van der Waals surface area contributed by atoms with Crippen molar-refractivity contribution in [1.82, 2.24) is 5.32 Å². The molecule has 19 heavy (non-hydrogen) atoms. The molecule has 0 heterocycles. The maximum Gasteiger partial charge on any atom is 0.416 e. The number of rotatable bonds is 5. The van der Waals surface area contributed by atoms with Crippen LogP contribution in [0.3, 0.4) is 0 Å². The zero-order valence-corrected chi connectivity index (χ0v) is 10.6. The van der Waals surface area contributed by atoms with Gasteiger partial charge in [-0.15, -0.1) is 6.58 Å². The third kappa shape index (κ3) is 4.92. The van der Waals surface area contributed by atoms with Gasteiger partial charge >= 0.3 is 6.18 Å². The van der Waals surface area contributed by atoms with Crippen LogP contribution in [0, 0.1) is 0 Å². The Morgan fingerprint density at radius 3 is 2.68 bits per heavy atom. The number of nitrogens with one attached hydrogen (secondary N) is 2. The molecule has 0 unspecified atom stereocenters. The fourth-order valence-electron chi connectivity index (χ4n) is 1.28. The summed E-state index contributed by atoms with van der Waals surface area (Å²) in [4.78, 5) is 11.5. The van der Waals surface area contributed by atoms with E-state index in [9.17, 15) is 18.0 Å². The maximum absolute atomic E-state index is 12.5. The molecule has 0 saturated heterocycles. The van der Waals surface area contributed by atoms with Crippen LogP contribution in [0.4, 0.5) is 18.9 Å². The second-order valence-electron chi connectivity index (χ2n) is 3.66. The Balaban J connectivity index is 2.77. The average molecular weight is 293 g/mol. The van der Waals surface area contributed by atoms with E-state index in [2.05, 4.69) is 17.2 Å². The maximum atomic E-state index is 12.5. The van der Waals surface area contributed by atoms with Crippen molar-refractivity contribution in [3.8, 4) is 0 Å². The Kier molecular flexibility index (Phi) is 5.38. The van der Waals surface area contributed by atoms with Gasteiger partial charge in [0.15, 0.2) is 0 Å². The van der Waals surface area contributed by atoms with Crippen LogP contribution in [0.25, 0.3) is 0 Å². The number of benzene rings is 1. The van der Waals surface area contributed by atoms with Gasteiger partial charge in [0.25, 0.3) is 0 Å². The first-order chi connectivity index (χ1) is 8.84. The van der Waals surface area contributed by atoms with E-state index < -0.39 is 17.6 Å². The summed E-state index contributed by atoms with van der Waals surface area (Å²) in [6.07, 6.45) is -2.92. The average Bonchev–Trinajstić information content (AvgIpc) is 2.31. The van der Waals surface area contributed by atoms with Crippen LogP contribution in [0.5, 0.6) is 0 Å². The molecule has 1 amide bonds. The minimum absolute atomic E-state index is 0.0431. The van der Waals surface area contributed by atoms with Gasteiger partial charge < -0.3 is 10.6 Å². The Labute approximate surface area is 113 Å². The first-order valence-electron chi connectivity index (χ1n) is 5.33. The predicted molar refractivity (Wildman–Crippen MR) is 68.2 cm³/mol. The van der Waals surface area contributed by atoms with E-state index in [0.29, 0.717) is 6.54 Å². The Hall–Kier alpha value is -1.53. The summed E-state index contributed by atoms with van der Waals surface area (Å²) < 4.78 is 37.5. The number of alkyl halides is 3. The molecule has 2 N–H and O–H groups in total. The minimum Gasteiger partial charge on any atom is -0.324 e. The minimum atomic E-state index is -4.48. The van der Waals surface area contributed by atoms with Crippen LogP contribution >= 0.6 is 11.6 Å². The van der Waals surface area contributed by atoms with Gasteiger partial charge in [0.2, 0.25) is 5.91 Å². The predicted octanol–water partition coefficient (Wildman–Crippen LogP) is 3.07. The quantitative estimate of drug-likeness (QED) is 0.647. The van der Waals surface area contributed by atoms with Gasteiger partial charge in [-0.3, -0.25) is 4.79 Å². The van der Waals surface area contributed by atoms with E-state index in [1.807, 2.05) is 0 Å². The third-order valence-corrected chi connectivity index (χ3v) is 2.47. The smallest absolute Gasteiger partial charge is 0.324 e. The highest BCUT2D eigenvalue weighted by atomic mass is 35.5. The molecule has 0 aliphatic carbocycles. The molecule has 7 heteroatoms. The second-order valence-corrected chi connectivity index (χ2v) is 4.07. The standard InChI is InChI=1S/C12H12ClF3N2O/c1-2-5-17-7-11(19)18-10-6-8(12(14,15)16)3-4-9(10)13/h2-4,6,17H,1,5,7H2,(H,18,19). The molecule has 0 aliphatic heterocycles. The molecular weight excluding hydrogens is 281 g/mol. The van der Waals surface area contributed by atoms with Gasteiger partial charge in [0.05, 0.1) is 22.8 Å². The van der Waals surface area contributed by atoms with Crippen LogP contribution < -0.4 is 10.6 Å². The first kappa shape index (κ1) is 15.5. The number of amides is 1. The van der Waals surface area contributed by atoms with E-state index in [0.717, 1.165) is 18.2 Å². The van der Waals surface area contributed by atoms with Gasteiger partial charge in [-0.1, -0.05) is 17.7 Å². The number of halogens is 4. The van der Waals surface area contributed by atoms with Crippen molar-refractivity contribution >= 4 is 23.2 Å². The molecule has 1 aromatic rings. The van der Waals surface area contributed by atoms with E-state index >= 15 is 0 Å². The molecule has 0 atom stereocenters. The van der Waals surface area contributed by atoms with Gasteiger partial charge in [-0.05, 0) is 18.2 Å². The summed E-state index contributed by atoms with van der Waals surface area (Å²) in [6, 6.07) is 2.75. The molecule has 1 aromatic carbocycles. The van der Waals surface area contributed by atoms with Gasteiger partial charge in [-0.25, -0.2) is 0 Å². The molecule has 0 fully saturated rings. The third-order valence-electron chi connectivity index (χ3n) is 2.14. The molecular formula is C12H12ClF3N2O. The molecule has 0 aliphatic rings. The van der Waals surface area contributed by atoms with Crippen LogP contribution in [0.2, 0.25) is 5.02 Å². The number of hydrogen-bond acceptors (Lipinski definition) is 2. The lowest BCUT2D eigenvalue weighted by Crippen LogP contribution is -2.28. The van der Waals surface area contributed by atoms with Gasteiger partial charge in [-0.2, -0.15) is 13.2 Å². The van der Waals surface area contributed by atoms with Crippen LogP contribution in [0.15, 0.2) is 30.9 Å². The summed E-state index contributed by atoms with van der Waals surface area (Å²) in [5.41, 5.74) is -0.937. The summed E-state index contributed by atoms with van der Waals surface area (Å²) in [5, 5.41) is 5.08. The summed E-state index contributed by atoms with van der Waals surface area (Å²) in [7, 11) is 0. The number of carbonyl (C=O) groups excluding carboxylic acids is 1. The van der Waals surface area contributed by atoms with Crippen molar-refractivity contribution < 1.29 is 18.0 Å². The highest BCUT2D eigenvalue weighted by molar-refractivity contribution is 6.33. The van der Waals surface area contributed by atoms with Crippen molar-refractivity contribution in [3.05, 3.63) is 41.4 Å². The molecule has 0 aromatic heterocycles. The van der Waals surface area contributed by atoms with E-state index in [-0.39, 0.29) is 17.3 Å². The van der Waals surface area contributed by atoms with Crippen LogP contribution in [-0.4, -0.2) is 19.0 Å². The Bertz CT molecular complexity index is 475. The lowest BCUT2D eigenvalue weighted by molar-refractivity contribution is -0.137. The Morgan fingerprint density at radius 1 is 1.42 bits per heavy atom. The number of anilines is 1. The fourth-order valence-corrected chi connectivity index (χ4v) is 1.44. The topological polar surface area (TPSA) is 41.1 Å². The van der Waals surface area contributed by atoms with Crippen molar-refractivity contribution in [2.75, 3.05) is 18.4 Å². The molecule has 0 saturated carbocycles. The molecule has 1 rings (SSSR count). The molecule has 104 valence electrons. The number of hydrogen-bond donors (Lipinski definition) is 2. The van der Waals surface area contributed by atoms with Crippen LogP contribution in [0.1, 0.15) is 5.56 Å². The lowest BCUT2D eigenvalue weighted by Gasteiger charge is -2.11. The van der Waals surface area contributed by atoms with Gasteiger partial charge in [0.1, 0.15) is 0 Å². The first-order valence-corrected chi connectivity index (χ1v) is 5.70. The molecule has 0 bridgehead atoms. The highest BCUT2D eigenvalue weighted by Gasteiger charge is 2.31. The summed E-state index contributed by atoms with van der Waals surface area (Å²) in [5.74, 6) is -0.483. The van der Waals surface area contributed by atoms with E-state index in [4.69, 9.17) is 11.6 Å². The largest absolute Gasteiger partial charge is 0.416 e.